The Morgan fingerprint density at radius 2 is 2.10 bits per heavy atom. The van der Waals surface area contributed by atoms with Crippen LogP contribution in [0.5, 0.6) is 0 Å². The Hall–Kier alpha value is -1.41. The number of aromatic nitrogens is 1. The van der Waals surface area contributed by atoms with Crippen molar-refractivity contribution >= 4 is 24.1 Å². The SMILES string of the molecule is Cl.O=C(Nc1cccc(C(F)(F)F)n1)[C@@H]1C[C@@H](F)CN1. The molecule has 2 heterocycles. The molecule has 0 bridgehead atoms. The van der Waals surface area contributed by atoms with E-state index >= 15 is 0 Å². The zero-order valence-electron chi connectivity index (χ0n) is 10.1. The number of amides is 1. The van der Waals surface area contributed by atoms with Gasteiger partial charge in [-0.05, 0) is 12.1 Å². The van der Waals surface area contributed by atoms with Crippen LogP contribution in [-0.4, -0.2) is 29.6 Å². The van der Waals surface area contributed by atoms with Gasteiger partial charge in [-0.2, -0.15) is 13.2 Å². The van der Waals surface area contributed by atoms with Crippen LogP contribution in [0.25, 0.3) is 0 Å². The third kappa shape index (κ3) is 4.04. The minimum Gasteiger partial charge on any atom is -0.309 e. The van der Waals surface area contributed by atoms with Crippen molar-refractivity contribution in [2.75, 3.05) is 11.9 Å². The maximum atomic E-state index is 12.9. The first kappa shape index (κ1) is 16.6. The molecule has 1 aliphatic rings. The summed E-state index contributed by atoms with van der Waals surface area (Å²) in [6, 6.07) is 2.45. The molecule has 2 rings (SSSR count). The van der Waals surface area contributed by atoms with Crippen molar-refractivity contribution in [2.24, 2.45) is 0 Å². The van der Waals surface area contributed by atoms with Gasteiger partial charge in [-0.25, -0.2) is 9.37 Å². The zero-order chi connectivity index (χ0) is 14.0. The summed E-state index contributed by atoms with van der Waals surface area (Å²) in [6.45, 7) is 0.0636. The van der Waals surface area contributed by atoms with Crippen molar-refractivity contribution < 1.29 is 22.4 Å². The summed E-state index contributed by atoms with van der Waals surface area (Å²) in [5.41, 5.74) is -1.09. The number of rotatable bonds is 2. The summed E-state index contributed by atoms with van der Waals surface area (Å²) < 4.78 is 50.1. The van der Waals surface area contributed by atoms with E-state index < -0.39 is 30.0 Å². The van der Waals surface area contributed by atoms with Crippen LogP contribution in [0.4, 0.5) is 23.4 Å². The van der Waals surface area contributed by atoms with E-state index in [1.165, 1.54) is 6.07 Å². The lowest BCUT2D eigenvalue weighted by atomic mass is 10.2. The standard InChI is InChI=1S/C11H11F4N3O.ClH/c12-6-4-7(16-5-6)10(19)18-9-3-1-2-8(17-9)11(13,14)15;/h1-3,6-7,16H,4-5H2,(H,17,18,19);1H/t6-,7+;/m1./s1. The number of nitrogens with zero attached hydrogens (tertiary/aromatic N) is 1. The molecule has 4 nitrogen and oxygen atoms in total. The molecule has 0 saturated carbocycles. The second-order valence-corrected chi connectivity index (χ2v) is 4.19. The Morgan fingerprint density at radius 3 is 2.65 bits per heavy atom. The highest BCUT2D eigenvalue weighted by Crippen LogP contribution is 2.28. The minimum atomic E-state index is -4.57. The molecule has 1 amide bonds. The molecule has 1 aromatic heterocycles. The molecule has 112 valence electrons. The molecule has 0 spiro atoms. The highest BCUT2D eigenvalue weighted by molar-refractivity contribution is 5.94. The van der Waals surface area contributed by atoms with Gasteiger partial charge < -0.3 is 10.6 Å². The zero-order valence-corrected chi connectivity index (χ0v) is 10.9. The van der Waals surface area contributed by atoms with Crippen molar-refractivity contribution in [3.8, 4) is 0 Å². The molecular weight excluding hydrogens is 302 g/mol. The first-order valence-corrected chi connectivity index (χ1v) is 5.59. The topological polar surface area (TPSA) is 54.0 Å². The Morgan fingerprint density at radius 1 is 1.40 bits per heavy atom. The number of halogens is 5. The maximum absolute atomic E-state index is 12.9. The largest absolute Gasteiger partial charge is 0.433 e. The van der Waals surface area contributed by atoms with Crippen LogP contribution in [0.15, 0.2) is 18.2 Å². The average molecular weight is 314 g/mol. The van der Waals surface area contributed by atoms with Gasteiger partial charge in [0.1, 0.15) is 17.7 Å². The van der Waals surface area contributed by atoms with E-state index in [1.807, 2.05) is 0 Å². The number of carbonyl (C=O) groups is 1. The van der Waals surface area contributed by atoms with Crippen LogP contribution in [0.1, 0.15) is 12.1 Å². The second-order valence-electron chi connectivity index (χ2n) is 4.19. The molecule has 0 aliphatic carbocycles. The molecule has 2 atom stereocenters. The molecule has 0 unspecified atom stereocenters. The Balaban J connectivity index is 0.00000200. The number of nitrogens with one attached hydrogen (secondary N) is 2. The van der Waals surface area contributed by atoms with Crippen molar-refractivity contribution in [3.05, 3.63) is 23.9 Å². The molecule has 1 aromatic rings. The molecular formula is C11H12ClF4N3O. The van der Waals surface area contributed by atoms with E-state index in [0.29, 0.717) is 0 Å². The Bertz CT molecular complexity index is 483. The molecule has 0 radical (unpaired) electrons. The lowest BCUT2D eigenvalue weighted by Crippen LogP contribution is -2.35. The van der Waals surface area contributed by atoms with E-state index in [2.05, 4.69) is 15.6 Å². The summed E-state index contributed by atoms with van der Waals surface area (Å²) in [5, 5.41) is 4.87. The summed E-state index contributed by atoms with van der Waals surface area (Å²) in [6.07, 6.45) is -5.69. The van der Waals surface area contributed by atoms with Gasteiger partial charge in [-0.15, -0.1) is 12.4 Å². The van der Waals surface area contributed by atoms with E-state index in [0.717, 1.165) is 12.1 Å². The van der Waals surface area contributed by atoms with Crippen LogP contribution in [0, 0.1) is 0 Å². The summed E-state index contributed by atoms with van der Waals surface area (Å²) in [5.74, 6) is -0.795. The maximum Gasteiger partial charge on any atom is 0.433 e. The van der Waals surface area contributed by atoms with E-state index in [1.54, 1.807) is 0 Å². The number of carbonyl (C=O) groups excluding carboxylic acids is 1. The number of anilines is 1. The fraction of sp³-hybridized carbons (Fsp3) is 0.455. The fourth-order valence-electron chi connectivity index (χ4n) is 1.77. The third-order valence-corrected chi connectivity index (χ3v) is 2.68. The Kier molecular flexibility index (Phi) is 5.29. The lowest BCUT2D eigenvalue weighted by Gasteiger charge is -2.11. The van der Waals surface area contributed by atoms with Gasteiger partial charge in [0.15, 0.2) is 0 Å². The van der Waals surface area contributed by atoms with Gasteiger partial charge in [-0.1, -0.05) is 6.07 Å². The predicted molar refractivity (Wildman–Crippen MR) is 66.4 cm³/mol. The van der Waals surface area contributed by atoms with Gasteiger partial charge in [0.2, 0.25) is 5.91 Å². The van der Waals surface area contributed by atoms with Gasteiger partial charge >= 0.3 is 6.18 Å². The highest BCUT2D eigenvalue weighted by atomic mass is 35.5. The van der Waals surface area contributed by atoms with Gasteiger partial charge in [0.25, 0.3) is 0 Å². The predicted octanol–water partition coefficient (Wildman–Crippen LogP) is 2.16. The molecule has 0 aromatic carbocycles. The number of hydrogen-bond donors (Lipinski definition) is 2. The Labute approximate surface area is 118 Å². The van der Waals surface area contributed by atoms with Crippen LogP contribution < -0.4 is 10.6 Å². The van der Waals surface area contributed by atoms with Gasteiger partial charge in [0.05, 0.1) is 6.04 Å². The highest BCUT2D eigenvalue weighted by Gasteiger charge is 2.33. The fourth-order valence-corrected chi connectivity index (χ4v) is 1.77. The lowest BCUT2D eigenvalue weighted by molar-refractivity contribution is -0.141. The molecule has 20 heavy (non-hydrogen) atoms. The first-order valence-electron chi connectivity index (χ1n) is 5.59. The molecule has 1 saturated heterocycles. The van der Waals surface area contributed by atoms with E-state index in [-0.39, 0.29) is 31.2 Å². The van der Waals surface area contributed by atoms with Crippen molar-refractivity contribution in [3.63, 3.8) is 0 Å². The van der Waals surface area contributed by atoms with E-state index in [4.69, 9.17) is 0 Å². The average Bonchev–Trinajstić information content (AvgIpc) is 2.75. The van der Waals surface area contributed by atoms with Crippen molar-refractivity contribution in [1.82, 2.24) is 10.3 Å². The van der Waals surface area contributed by atoms with E-state index in [9.17, 15) is 22.4 Å². The van der Waals surface area contributed by atoms with Crippen LogP contribution in [0.3, 0.4) is 0 Å². The summed E-state index contributed by atoms with van der Waals surface area (Å²) in [7, 11) is 0. The normalized spacial score (nSPS) is 22.2. The third-order valence-electron chi connectivity index (χ3n) is 2.68. The first-order chi connectivity index (χ1) is 8.86. The van der Waals surface area contributed by atoms with Crippen LogP contribution >= 0.6 is 12.4 Å². The van der Waals surface area contributed by atoms with Crippen LogP contribution in [-0.2, 0) is 11.0 Å². The van der Waals surface area contributed by atoms with Gasteiger partial charge in [0, 0.05) is 13.0 Å². The molecule has 9 heteroatoms. The second kappa shape index (κ2) is 6.36. The minimum absolute atomic E-state index is 0. The summed E-state index contributed by atoms with van der Waals surface area (Å²) >= 11 is 0. The number of pyridine rings is 1. The molecule has 1 aliphatic heterocycles. The van der Waals surface area contributed by atoms with Crippen molar-refractivity contribution in [2.45, 2.75) is 24.8 Å². The number of hydrogen-bond acceptors (Lipinski definition) is 3. The molecule has 1 fully saturated rings. The quantitative estimate of drug-likeness (QED) is 0.823. The smallest absolute Gasteiger partial charge is 0.309 e. The molecule has 2 N–H and O–H groups in total. The monoisotopic (exact) mass is 313 g/mol. The van der Waals surface area contributed by atoms with Gasteiger partial charge in [-0.3, -0.25) is 4.79 Å². The van der Waals surface area contributed by atoms with Crippen molar-refractivity contribution in [1.29, 1.82) is 0 Å². The summed E-state index contributed by atoms with van der Waals surface area (Å²) in [4.78, 5) is 15.0. The van der Waals surface area contributed by atoms with Crippen LogP contribution in [0.2, 0.25) is 0 Å². The number of alkyl halides is 4.